The highest BCUT2D eigenvalue weighted by atomic mass is 79.9. The molecular weight excluding hydrogens is 391 g/mol. The molecule has 1 aliphatic heterocycles. The number of benzene rings is 1. The topological polar surface area (TPSA) is 18.5 Å². The van der Waals surface area contributed by atoms with Crippen LogP contribution >= 0.6 is 31.9 Å². The van der Waals surface area contributed by atoms with Gasteiger partial charge < -0.3 is 9.47 Å². The van der Waals surface area contributed by atoms with Gasteiger partial charge in [0.05, 0.1) is 23.8 Å². The molecule has 5 atom stereocenters. The molecule has 2 rings (SSSR count). The summed E-state index contributed by atoms with van der Waals surface area (Å²) in [5.41, 5.74) is 0.946. The van der Waals surface area contributed by atoms with E-state index in [2.05, 4.69) is 52.6 Å². The van der Waals surface area contributed by atoms with Gasteiger partial charge in [0, 0.05) is 22.4 Å². The van der Waals surface area contributed by atoms with Gasteiger partial charge in [0.1, 0.15) is 11.6 Å². The Morgan fingerprint density at radius 1 is 1.25 bits per heavy atom. The Balaban J connectivity index is 2.38. The molecule has 1 fully saturated rings. The summed E-state index contributed by atoms with van der Waals surface area (Å²) in [6.07, 6.45) is 0.378. The monoisotopic (exact) mass is 408 g/mol. The Morgan fingerprint density at radius 3 is 2.40 bits per heavy atom. The quantitative estimate of drug-likeness (QED) is 0.647. The number of methoxy groups -OCH3 is 1. The first kappa shape index (κ1) is 16.2. The Labute approximate surface area is 136 Å². The average Bonchev–Trinajstić information content (AvgIpc) is 2.65. The van der Waals surface area contributed by atoms with Gasteiger partial charge in [0.2, 0.25) is 0 Å². The zero-order valence-corrected chi connectivity index (χ0v) is 15.2. The molecule has 112 valence electrons. The van der Waals surface area contributed by atoms with E-state index in [1.165, 1.54) is 6.07 Å². The summed E-state index contributed by atoms with van der Waals surface area (Å²) in [5, 5.41) is 0. The van der Waals surface area contributed by atoms with Crippen LogP contribution in [0.5, 0.6) is 5.75 Å². The smallest absolute Gasteiger partial charge is 0.141 e. The lowest BCUT2D eigenvalue weighted by Crippen LogP contribution is -2.22. The third-order valence-electron chi connectivity index (χ3n) is 4.23. The normalized spacial score (nSPS) is 31.4. The summed E-state index contributed by atoms with van der Waals surface area (Å²) >= 11 is 7.01. The van der Waals surface area contributed by atoms with Crippen LogP contribution in [-0.2, 0) is 4.74 Å². The lowest BCUT2D eigenvalue weighted by Gasteiger charge is -2.26. The molecule has 0 radical (unpaired) electrons. The Kier molecular flexibility index (Phi) is 5.14. The zero-order valence-electron chi connectivity index (χ0n) is 12.0. The van der Waals surface area contributed by atoms with Crippen molar-refractivity contribution in [1.82, 2.24) is 0 Å². The molecule has 5 heteroatoms. The summed E-state index contributed by atoms with van der Waals surface area (Å²) in [4.78, 5) is 0.0595. The van der Waals surface area contributed by atoms with Crippen LogP contribution in [0.1, 0.15) is 31.2 Å². The van der Waals surface area contributed by atoms with Crippen LogP contribution < -0.4 is 4.74 Å². The van der Waals surface area contributed by atoms with Crippen molar-refractivity contribution in [2.45, 2.75) is 37.8 Å². The van der Waals surface area contributed by atoms with Crippen LogP contribution in [0.15, 0.2) is 16.6 Å². The molecule has 0 aromatic heterocycles. The van der Waals surface area contributed by atoms with Crippen molar-refractivity contribution in [2.24, 2.45) is 11.8 Å². The predicted octanol–water partition coefficient (Wildman–Crippen LogP) is 5.09. The van der Waals surface area contributed by atoms with E-state index < -0.39 is 0 Å². The molecule has 0 saturated carbocycles. The van der Waals surface area contributed by atoms with Gasteiger partial charge in [-0.15, -0.1) is 0 Å². The van der Waals surface area contributed by atoms with Crippen LogP contribution in [0.4, 0.5) is 4.39 Å². The maximum absolute atomic E-state index is 13.6. The number of hydrogen-bond donors (Lipinski definition) is 0. The standard InChI is InChI=1S/C15H19Br2FO2/c1-7-8(2)20-9(3)14(7)15(17)10-5-11(16)12(18)6-13(10)19-4/h5-9,14-15H,1-4H3. The van der Waals surface area contributed by atoms with Crippen molar-refractivity contribution in [1.29, 1.82) is 0 Å². The van der Waals surface area contributed by atoms with Gasteiger partial charge >= 0.3 is 0 Å². The second kappa shape index (κ2) is 6.32. The first-order valence-electron chi connectivity index (χ1n) is 6.69. The molecule has 1 aromatic carbocycles. The number of halogens is 3. The molecule has 0 spiro atoms. The maximum Gasteiger partial charge on any atom is 0.141 e. The fraction of sp³-hybridized carbons (Fsp3) is 0.600. The van der Waals surface area contributed by atoms with Gasteiger partial charge in [-0.2, -0.15) is 0 Å². The molecule has 1 heterocycles. The highest BCUT2D eigenvalue weighted by Gasteiger charge is 2.42. The largest absolute Gasteiger partial charge is 0.496 e. The summed E-state index contributed by atoms with van der Waals surface area (Å²) in [6.45, 7) is 6.38. The molecule has 0 aliphatic carbocycles. The molecule has 2 nitrogen and oxygen atoms in total. The van der Waals surface area contributed by atoms with Crippen LogP contribution in [0, 0.1) is 17.7 Å². The highest BCUT2D eigenvalue weighted by molar-refractivity contribution is 9.10. The fourth-order valence-corrected chi connectivity index (χ4v) is 4.57. The number of ether oxygens (including phenoxy) is 2. The van der Waals surface area contributed by atoms with Crippen molar-refractivity contribution in [3.8, 4) is 5.75 Å². The Hall–Kier alpha value is -0.130. The molecule has 20 heavy (non-hydrogen) atoms. The van der Waals surface area contributed by atoms with Crippen molar-refractivity contribution in [3.63, 3.8) is 0 Å². The molecule has 1 aliphatic rings. The Bertz CT molecular complexity index is 495. The van der Waals surface area contributed by atoms with E-state index in [1.54, 1.807) is 13.2 Å². The van der Waals surface area contributed by atoms with E-state index in [0.29, 0.717) is 22.1 Å². The van der Waals surface area contributed by atoms with E-state index in [-0.39, 0.29) is 22.9 Å². The average molecular weight is 410 g/mol. The zero-order chi connectivity index (χ0) is 15.0. The minimum absolute atomic E-state index is 0.0595. The summed E-state index contributed by atoms with van der Waals surface area (Å²) in [6, 6.07) is 3.21. The van der Waals surface area contributed by atoms with Crippen molar-refractivity contribution in [3.05, 3.63) is 28.0 Å². The highest BCUT2D eigenvalue weighted by Crippen LogP contribution is 2.48. The second-order valence-electron chi connectivity index (χ2n) is 5.39. The van der Waals surface area contributed by atoms with Gasteiger partial charge in [-0.3, -0.25) is 0 Å². The van der Waals surface area contributed by atoms with Gasteiger partial charge in [-0.1, -0.05) is 22.9 Å². The van der Waals surface area contributed by atoms with E-state index in [4.69, 9.17) is 9.47 Å². The van der Waals surface area contributed by atoms with Gasteiger partial charge in [0.25, 0.3) is 0 Å². The number of rotatable bonds is 3. The number of hydrogen-bond acceptors (Lipinski definition) is 2. The SMILES string of the molecule is COc1cc(F)c(Br)cc1C(Br)C1C(C)OC(C)C1C. The van der Waals surface area contributed by atoms with E-state index >= 15 is 0 Å². The Morgan fingerprint density at radius 2 is 1.90 bits per heavy atom. The fourth-order valence-electron chi connectivity index (χ4n) is 2.94. The van der Waals surface area contributed by atoms with Crippen LogP contribution in [0.2, 0.25) is 0 Å². The minimum Gasteiger partial charge on any atom is -0.496 e. The van der Waals surface area contributed by atoms with E-state index in [1.807, 2.05) is 0 Å². The van der Waals surface area contributed by atoms with Crippen molar-refractivity contribution < 1.29 is 13.9 Å². The minimum atomic E-state index is -0.317. The summed E-state index contributed by atoms with van der Waals surface area (Å²) in [7, 11) is 1.56. The van der Waals surface area contributed by atoms with E-state index in [9.17, 15) is 4.39 Å². The maximum atomic E-state index is 13.6. The molecule has 5 unspecified atom stereocenters. The molecular formula is C15H19Br2FO2. The summed E-state index contributed by atoms with van der Waals surface area (Å²) < 4.78 is 25.3. The van der Waals surface area contributed by atoms with Crippen LogP contribution in [0.25, 0.3) is 0 Å². The van der Waals surface area contributed by atoms with E-state index in [0.717, 1.165) is 5.56 Å². The third kappa shape index (κ3) is 2.90. The third-order valence-corrected chi connectivity index (χ3v) is 5.94. The molecule has 0 amide bonds. The first-order valence-corrected chi connectivity index (χ1v) is 8.40. The second-order valence-corrected chi connectivity index (χ2v) is 7.23. The van der Waals surface area contributed by atoms with Crippen molar-refractivity contribution >= 4 is 31.9 Å². The summed E-state index contributed by atoms with van der Waals surface area (Å²) in [5.74, 6) is 0.980. The molecule has 1 saturated heterocycles. The van der Waals surface area contributed by atoms with Crippen LogP contribution in [0.3, 0.4) is 0 Å². The predicted molar refractivity (Wildman–Crippen MR) is 85.0 cm³/mol. The van der Waals surface area contributed by atoms with Gasteiger partial charge in [-0.25, -0.2) is 4.39 Å². The molecule has 0 bridgehead atoms. The van der Waals surface area contributed by atoms with Gasteiger partial charge in [-0.05, 0) is 41.8 Å². The molecule has 1 aromatic rings. The van der Waals surface area contributed by atoms with Crippen molar-refractivity contribution in [2.75, 3.05) is 7.11 Å². The molecule has 0 N–H and O–H groups in total. The number of alkyl halides is 1. The van der Waals surface area contributed by atoms with Crippen LogP contribution in [-0.4, -0.2) is 19.3 Å². The lowest BCUT2D eigenvalue weighted by molar-refractivity contribution is 0.0510. The van der Waals surface area contributed by atoms with Gasteiger partial charge in [0.15, 0.2) is 0 Å². The lowest BCUT2D eigenvalue weighted by atomic mass is 9.84. The first-order chi connectivity index (χ1) is 9.36.